The average molecular weight is 800 g/mol. The van der Waals surface area contributed by atoms with Crippen molar-refractivity contribution in [2.75, 3.05) is 13.2 Å². The molecule has 2 atom stereocenters. The molecule has 6 heteroatoms. The predicted octanol–water partition coefficient (Wildman–Crippen LogP) is 14.3. The van der Waals surface area contributed by atoms with Crippen LogP contribution >= 0.6 is 0 Å². The number of hydrogen-bond acceptors (Lipinski definition) is 5. The van der Waals surface area contributed by atoms with Crippen molar-refractivity contribution in [3.8, 4) is 0 Å². The molecule has 1 amide bonds. The molecule has 0 saturated heterocycles. The Labute approximate surface area is 353 Å². The number of carbonyl (C=O) groups excluding carboxylic acids is 2. The molecule has 0 saturated carbocycles. The molecule has 0 aromatic rings. The summed E-state index contributed by atoms with van der Waals surface area (Å²) in [6, 6.07) is -0.666. The van der Waals surface area contributed by atoms with Crippen LogP contribution in [0.5, 0.6) is 0 Å². The number of nitrogens with one attached hydrogen (secondary N) is 1. The fraction of sp³-hybridized carbons (Fsp3) is 0.804. The molecule has 0 rings (SSSR count). The van der Waals surface area contributed by atoms with Gasteiger partial charge in [0.05, 0.1) is 25.4 Å². The van der Waals surface area contributed by atoms with Gasteiger partial charge in [0.1, 0.15) is 0 Å². The minimum Gasteiger partial charge on any atom is -0.466 e. The fourth-order valence-corrected chi connectivity index (χ4v) is 7.02. The predicted molar refractivity (Wildman–Crippen MR) is 245 cm³/mol. The highest BCUT2D eigenvalue weighted by Crippen LogP contribution is 2.14. The number of rotatable bonds is 44. The highest BCUT2D eigenvalue weighted by atomic mass is 16.5. The van der Waals surface area contributed by atoms with Gasteiger partial charge in [0.25, 0.3) is 0 Å². The molecule has 332 valence electrons. The average Bonchev–Trinajstić information content (AvgIpc) is 3.21. The van der Waals surface area contributed by atoms with E-state index in [9.17, 15) is 19.8 Å². The van der Waals surface area contributed by atoms with E-state index >= 15 is 0 Å². The van der Waals surface area contributed by atoms with Gasteiger partial charge in [-0.25, -0.2) is 0 Å². The van der Waals surface area contributed by atoms with Crippen molar-refractivity contribution in [1.29, 1.82) is 0 Å². The Hall–Kier alpha value is -2.18. The Balaban J connectivity index is 3.58. The molecular weight excluding hydrogens is 707 g/mol. The summed E-state index contributed by atoms with van der Waals surface area (Å²) in [4.78, 5) is 24.4. The molecule has 0 radical (unpaired) electrons. The summed E-state index contributed by atoms with van der Waals surface area (Å²) in [5, 5.41) is 22.9. The molecule has 0 aliphatic heterocycles. The van der Waals surface area contributed by atoms with Crippen molar-refractivity contribution in [1.82, 2.24) is 5.32 Å². The lowest BCUT2D eigenvalue weighted by atomic mass is 10.0. The number of ether oxygens (including phenoxy) is 1. The van der Waals surface area contributed by atoms with E-state index in [0.29, 0.717) is 19.4 Å². The lowest BCUT2D eigenvalue weighted by molar-refractivity contribution is -0.143. The zero-order valence-corrected chi connectivity index (χ0v) is 37.6. The highest BCUT2D eigenvalue weighted by Gasteiger charge is 2.17. The van der Waals surface area contributed by atoms with Crippen LogP contribution in [0.2, 0.25) is 0 Å². The molecule has 0 aliphatic carbocycles. The van der Waals surface area contributed by atoms with Gasteiger partial charge in [0.15, 0.2) is 0 Å². The normalized spacial score (nSPS) is 13.1. The van der Waals surface area contributed by atoms with Crippen molar-refractivity contribution in [3.63, 3.8) is 0 Å². The Kier molecular flexibility index (Phi) is 44.7. The summed E-state index contributed by atoms with van der Waals surface area (Å²) < 4.78 is 5.44. The van der Waals surface area contributed by atoms with Crippen molar-refractivity contribution >= 4 is 11.9 Å². The Bertz CT molecular complexity index is 973. The van der Waals surface area contributed by atoms with Crippen LogP contribution in [0.25, 0.3) is 0 Å². The monoisotopic (exact) mass is 800 g/mol. The van der Waals surface area contributed by atoms with Gasteiger partial charge in [-0.15, -0.1) is 0 Å². The summed E-state index contributed by atoms with van der Waals surface area (Å²) >= 11 is 0. The number of aliphatic hydroxyl groups is 2. The lowest BCUT2D eigenvalue weighted by Crippen LogP contribution is -2.45. The molecule has 0 bridgehead atoms. The van der Waals surface area contributed by atoms with E-state index in [2.05, 4.69) is 55.6 Å². The maximum Gasteiger partial charge on any atom is 0.305 e. The summed E-state index contributed by atoms with van der Waals surface area (Å²) in [5.74, 6) is -0.178. The molecule has 6 nitrogen and oxygen atoms in total. The quantitative estimate of drug-likeness (QED) is 0.0324. The van der Waals surface area contributed by atoms with E-state index < -0.39 is 12.1 Å². The minimum atomic E-state index is -0.876. The Morgan fingerprint density at radius 1 is 0.491 bits per heavy atom. The van der Waals surface area contributed by atoms with Gasteiger partial charge >= 0.3 is 5.97 Å². The molecular formula is C51H93NO5. The van der Waals surface area contributed by atoms with Crippen molar-refractivity contribution in [2.24, 2.45) is 0 Å². The molecule has 0 aromatic heterocycles. The first-order chi connectivity index (χ1) is 28.0. The molecule has 3 N–H and O–H groups in total. The lowest BCUT2D eigenvalue weighted by Gasteiger charge is -2.19. The van der Waals surface area contributed by atoms with Gasteiger partial charge in [-0.2, -0.15) is 0 Å². The van der Waals surface area contributed by atoms with Crippen molar-refractivity contribution in [3.05, 3.63) is 48.6 Å². The van der Waals surface area contributed by atoms with Gasteiger partial charge < -0.3 is 20.3 Å². The second kappa shape index (κ2) is 46.5. The largest absolute Gasteiger partial charge is 0.466 e. The second-order valence-electron chi connectivity index (χ2n) is 16.4. The molecule has 0 aromatic carbocycles. The molecule has 0 spiro atoms. The maximum absolute atomic E-state index is 12.4. The van der Waals surface area contributed by atoms with Gasteiger partial charge in [-0.05, 0) is 83.5 Å². The number of esters is 1. The number of amides is 1. The summed E-state index contributed by atoms with van der Waals surface area (Å²) in [6.07, 6.45) is 56.8. The van der Waals surface area contributed by atoms with E-state index in [1.165, 1.54) is 135 Å². The van der Waals surface area contributed by atoms with Gasteiger partial charge in [0, 0.05) is 12.8 Å². The molecule has 0 aliphatic rings. The number of carbonyl (C=O) groups is 2. The molecule has 57 heavy (non-hydrogen) atoms. The second-order valence-corrected chi connectivity index (χ2v) is 16.4. The highest BCUT2D eigenvalue weighted by molar-refractivity contribution is 5.76. The van der Waals surface area contributed by atoms with Crippen LogP contribution in [-0.2, 0) is 14.3 Å². The van der Waals surface area contributed by atoms with E-state index in [0.717, 1.165) is 77.0 Å². The van der Waals surface area contributed by atoms with E-state index in [4.69, 9.17) is 4.74 Å². The smallest absolute Gasteiger partial charge is 0.305 e. The number of unbranched alkanes of at least 4 members (excludes halogenated alkanes) is 27. The maximum atomic E-state index is 12.4. The van der Waals surface area contributed by atoms with Crippen molar-refractivity contribution in [2.45, 2.75) is 251 Å². The van der Waals surface area contributed by atoms with Crippen LogP contribution in [0.3, 0.4) is 0 Å². The van der Waals surface area contributed by atoms with Crippen LogP contribution < -0.4 is 5.32 Å². The van der Waals surface area contributed by atoms with Crippen LogP contribution in [0.4, 0.5) is 0 Å². The third-order valence-electron chi connectivity index (χ3n) is 10.8. The van der Waals surface area contributed by atoms with Crippen LogP contribution in [0.15, 0.2) is 48.6 Å². The fourth-order valence-electron chi connectivity index (χ4n) is 7.02. The van der Waals surface area contributed by atoms with Crippen LogP contribution in [0.1, 0.15) is 239 Å². The Morgan fingerprint density at radius 2 is 0.895 bits per heavy atom. The minimum absolute atomic E-state index is 0.0466. The van der Waals surface area contributed by atoms with E-state index in [1.54, 1.807) is 6.08 Å². The van der Waals surface area contributed by atoms with Gasteiger partial charge in [-0.1, -0.05) is 191 Å². The zero-order valence-electron chi connectivity index (χ0n) is 37.6. The van der Waals surface area contributed by atoms with E-state index in [-0.39, 0.29) is 18.5 Å². The first-order valence-corrected chi connectivity index (χ1v) is 24.4. The summed E-state index contributed by atoms with van der Waals surface area (Å²) in [6.45, 7) is 4.77. The SMILES string of the molecule is CCCCCC/C=C\C/C=C\CCCCCCCCCC(=O)OCCCCCC/C=C\CCCC(=O)NC(CO)C(O)/C=C/CCCCCCCCCCCCC. The number of allylic oxidation sites excluding steroid dienone is 7. The molecule has 0 fully saturated rings. The standard InChI is InChI=1S/C51H93NO5/c1-3-5-7-9-11-13-15-17-18-19-20-21-23-25-29-33-37-41-45-51(56)57-46-42-38-34-30-26-28-32-36-40-44-50(55)52-48(47-53)49(54)43-39-35-31-27-24-22-16-14-12-10-8-6-4-2/h13,15,18-19,28,32,39,43,48-49,53-54H,3-12,14,16-17,20-27,29-31,33-38,40-42,44-47H2,1-2H3,(H,52,55)/b15-13-,19-18-,32-28-,43-39+. The topological polar surface area (TPSA) is 95.9 Å². The third-order valence-corrected chi connectivity index (χ3v) is 10.8. The number of aliphatic hydroxyl groups excluding tert-OH is 2. The van der Waals surface area contributed by atoms with E-state index in [1.807, 2.05) is 6.08 Å². The first-order valence-electron chi connectivity index (χ1n) is 24.4. The Morgan fingerprint density at radius 3 is 1.40 bits per heavy atom. The number of hydrogen-bond donors (Lipinski definition) is 3. The summed E-state index contributed by atoms with van der Waals surface area (Å²) in [7, 11) is 0. The van der Waals surface area contributed by atoms with Crippen LogP contribution in [0, 0.1) is 0 Å². The molecule has 0 heterocycles. The van der Waals surface area contributed by atoms with Crippen molar-refractivity contribution < 1.29 is 24.5 Å². The molecule has 2 unspecified atom stereocenters. The first kappa shape index (κ1) is 54.8. The zero-order chi connectivity index (χ0) is 41.5. The van der Waals surface area contributed by atoms with Gasteiger partial charge in [0.2, 0.25) is 5.91 Å². The van der Waals surface area contributed by atoms with Crippen LogP contribution in [-0.4, -0.2) is 47.4 Å². The third kappa shape index (κ3) is 43.2. The van der Waals surface area contributed by atoms with Gasteiger partial charge in [-0.3, -0.25) is 9.59 Å². The summed E-state index contributed by atoms with van der Waals surface area (Å²) in [5.41, 5.74) is 0.